The van der Waals surface area contributed by atoms with Crippen LogP contribution in [0.15, 0.2) is 60.9 Å². The summed E-state index contributed by atoms with van der Waals surface area (Å²) >= 11 is 0. The van der Waals surface area contributed by atoms with Crippen LogP contribution < -0.4 is 14.8 Å². The number of para-hydroxylation sites is 2. The maximum Gasteiger partial charge on any atom is 0.244 e. The average Bonchev–Trinajstić information content (AvgIpc) is 3.21. The van der Waals surface area contributed by atoms with Gasteiger partial charge in [-0.3, -0.25) is 14.3 Å². The molecule has 8 nitrogen and oxygen atoms in total. The number of hydrogen-bond donors (Lipinski definition) is 1. The highest BCUT2D eigenvalue weighted by molar-refractivity contribution is 5.92. The minimum atomic E-state index is -0.428. The van der Waals surface area contributed by atoms with Gasteiger partial charge in [0, 0.05) is 13.2 Å². The summed E-state index contributed by atoms with van der Waals surface area (Å²) in [6.45, 7) is 0.721. The number of anilines is 1. The molecule has 1 atom stereocenters. The van der Waals surface area contributed by atoms with Gasteiger partial charge >= 0.3 is 0 Å². The molecule has 0 bridgehead atoms. The van der Waals surface area contributed by atoms with Crippen LogP contribution >= 0.6 is 0 Å². The first kappa shape index (κ1) is 21.4. The van der Waals surface area contributed by atoms with E-state index >= 15 is 0 Å². The second kappa shape index (κ2) is 9.51. The monoisotopic (exact) mass is 438 g/mol. The van der Waals surface area contributed by atoms with Crippen molar-refractivity contribution in [3.05, 3.63) is 72.3 Å². The summed E-state index contributed by atoms with van der Waals surface area (Å²) in [5, 5.41) is 6.78. The number of halogens is 1. The molecule has 1 aliphatic heterocycles. The van der Waals surface area contributed by atoms with E-state index in [1.807, 2.05) is 24.3 Å². The quantitative estimate of drug-likeness (QED) is 0.613. The lowest BCUT2D eigenvalue weighted by Gasteiger charge is -2.29. The van der Waals surface area contributed by atoms with Crippen molar-refractivity contribution in [1.82, 2.24) is 14.7 Å². The lowest BCUT2D eigenvalue weighted by atomic mass is 10.1. The van der Waals surface area contributed by atoms with Crippen LogP contribution in [0.4, 0.5) is 10.1 Å². The number of carbonyl (C=O) groups is 2. The molecule has 32 heavy (non-hydrogen) atoms. The molecule has 1 unspecified atom stereocenters. The zero-order valence-electron chi connectivity index (χ0n) is 17.5. The Kier molecular flexibility index (Phi) is 6.34. The van der Waals surface area contributed by atoms with E-state index in [4.69, 9.17) is 9.47 Å². The van der Waals surface area contributed by atoms with E-state index in [-0.39, 0.29) is 30.9 Å². The van der Waals surface area contributed by atoms with Gasteiger partial charge in [0.25, 0.3) is 0 Å². The molecule has 1 N–H and O–H groups in total. The third-order valence-corrected chi connectivity index (χ3v) is 4.99. The number of rotatable bonds is 7. The van der Waals surface area contributed by atoms with Gasteiger partial charge in [0.2, 0.25) is 11.8 Å². The number of fused-ring (bicyclic) bond motifs is 1. The third kappa shape index (κ3) is 5.23. The predicted molar refractivity (Wildman–Crippen MR) is 115 cm³/mol. The molecule has 166 valence electrons. The summed E-state index contributed by atoms with van der Waals surface area (Å²) < 4.78 is 26.7. The highest BCUT2D eigenvalue weighted by Crippen LogP contribution is 2.30. The number of carbonyl (C=O) groups excluding carboxylic acids is 2. The van der Waals surface area contributed by atoms with Gasteiger partial charge in [0.15, 0.2) is 17.6 Å². The number of nitrogens with zero attached hydrogens (tertiary/aromatic N) is 3. The first-order valence-electron chi connectivity index (χ1n) is 10.2. The van der Waals surface area contributed by atoms with Crippen molar-refractivity contribution < 1.29 is 23.5 Å². The molecule has 0 spiro atoms. The normalized spacial score (nSPS) is 14.6. The van der Waals surface area contributed by atoms with Crippen LogP contribution in [-0.2, 0) is 22.6 Å². The standard InChI is InChI=1S/C23H23FN4O4/c1-27(13-18-15-31-20-8-4-5-9-21(20)32-18)23(30)14-28-12-17(11-25-28)26-22(29)10-16-6-2-3-7-19(16)24/h2-9,11-12,18H,10,13-15H2,1H3,(H,26,29). The van der Waals surface area contributed by atoms with Crippen LogP contribution in [-0.4, -0.2) is 52.8 Å². The number of ether oxygens (including phenoxy) is 2. The molecular formula is C23H23FN4O4. The third-order valence-electron chi connectivity index (χ3n) is 4.99. The Balaban J connectivity index is 1.27. The number of nitrogens with one attached hydrogen (secondary N) is 1. The Hall–Kier alpha value is -3.88. The molecule has 1 aromatic heterocycles. The zero-order chi connectivity index (χ0) is 22.5. The van der Waals surface area contributed by atoms with Crippen molar-refractivity contribution in [2.45, 2.75) is 19.1 Å². The van der Waals surface area contributed by atoms with Gasteiger partial charge in [-0.15, -0.1) is 0 Å². The van der Waals surface area contributed by atoms with Gasteiger partial charge < -0.3 is 19.7 Å². The van der Waals surface area contributed by atoms with Crippen molar-refractivity contribution in [2.24, 2.45) is 0 Å². The molecule has 0 aliphatic carbocycles. The maximum absolute atomic E-state index is 13.7. The van der Waals surface area contributed by atoms with Crippen molar-refractivity contribution in [3.8, 4) is 11.5 Å². The molecule has 0 saturated carbocycles. The number of aromatic nitrogens is 2. The first-order valence-corrected chi connectivity index (χ1v) is 10.2. The van der Waals surface area contributed by atoms with E-state index in [0.29, 0.717) is 35.9 Å². The second-order valence-corrected chi connectivity index (χ2v) is 7.51. The van der Waals surface area contributed by atoms with Gasteiger partial charge in [-0.1, -0.05) is 30.3 Å². The van der Waals surface area contributed by atoms with Crippen LogP contribution in [0.1, 0.15) is 5.56 Å². The Morgan fingerprint density at radius 1 is 1.19 bits per heavy atom. The molecule has 2 heterocycles. The molecule has 0 saturated heterocycles. The highest BCUT2D eigenvalue weighted by Gasteiger charge is 2.24. The smallest absolute Gasteiger partial charge is 0.244 e. The molecule has 9 heteroatoms. The van der Waals surface area contributed by atoms with Gasteiger partial charge in [0.1, 0.15) is 19.0 Å². The fraction of sp³-hybridized carbons (Fsp3) is 0.261. The minimum absolute atomic E-state index is 0.00382. The van der Waals surface area contributed by atoms with E-state index in [0.717, 1.165) is 0 Å². The number of hydrogen-bond acceptors (Lipinski definition) is 5. The fourth-order valence-corrected chi connectivity index (χ4v) is 3.35. The summed E-state index contributed by atoms with van der Waals surface area (Å²) in [6, 6.07) is 13.5. The molecule has 2 amide bonds. The predicted octanol–water partition coefficient (Wildman–Crippen LogP) is 2.50. The lowest BCUT2D eigenvalue weighted by Crippen LogP contribution is -2.42. The number of amides is 2. The Bertz CT molecular complexity index is 1120. The number of likely N-dealkylation sites (N-methyl/N-ethyl adjacent to an activating group) is 1. The van der Waals surface area contributed by atoms with Crippen molar-refractivity contribution in [3.63, 3.8) is 0 Å². The summed E-state index contributed by atoms with van der Waals surface area (Å²) in [5.41, 5.74) is 0.744. The highest BCUT2D eigenvalue weighted by atomic mass is 19.1. The average molecular weight is 438 g/mol. The fourth-order valence-electron chi connectivity index (χ4n) is 3.35. The van der Waals surface area contributed by atoms with Crippen molar-refractivity contribution in [1.29, 1.82) is 0 Å². The number of benzene rings is 2. The van der Waals surface area contributed by atoms with E-state index in [2.05, 4.69) is 10.4 Å². The molecule has 3 aromatic rings. The van der Waals surface area contributed by atoms with Gasteiger partial charge in [-0.25, -0.2) is 4.39 Å². The second-order valence-electron chi connectivity index (χ2n) is 7.51. The summed E-state index contributed by atoms with van der Waals surface area (Å²) in [4.78, 5) is 26.3. The SMILES string of the molecule is CN(CC1COc2ccccc2O1)C(=O)Cn1cc(NC(=O)Cc2ccccc2F)cn1. The summed E-state index contributed by atoms with van der Waals surface area (Å²) in [7, 11) is 1.69. The van der Waals surface area contributed by atoms with Crippen molar-refractivity contribution in [2.75, 3.05) is 25.5 Å². The lowest BCUT2D eigenvalue weighted by molar-refractivity contribution is -0.132. The molecule has 2 aromatic carbocycles. The molecule has 4 rings (SSSR count). The summed E-state index contributed by atoms with van der Waals surface area (Å²) in [5.74, 6) is 0.390. The van der Waals surface area contributed by atoms with Crippen LogP contribution in [0.25, 0.3) is 0 Å². The van der Waals surface area contributed by atoms with Gasteiger partial charge in [-0.05, 0) is 23.8 Å². The van der Waals surface area contributed by atoms with E-state index in [1.165, 1.54) is 16.9 Å². The summed E-state index contributed by atoms with van der Waals surface area (Å²) in [6.07, 6.45) is 2.64. The van der Waals surface area contributed by atoms with Gasteiger partial charge in [-0.2, -0.15) is 5.10 Å². The Morgan fingerprint density at radius 3 is 2.75 bits per heavy atom. The first-order chi connectivity index (χ1) is 15.5. The Labute approximate surface area is 184 Å². The molecule has 0 fully saturated rings. The molecule has 0 radical (unpaired) electrons. The van der Waals surface area contributed by atoms with E-state index < -0.39 is 5.82 Å². The maximum atomic E-state index is 13.7. The van der Waals surface area contributed by atoms with E-state index in [9.17, 15) is 14.0 Å². The van der Waals surface area contributed by atoms with Crippen LogP contribution in [0, 0.1) is 5.82 Å². The topological polar surface area (TPSA) is 85.7 Å². The molecular weight excluding hydrogens is 415 g/mol. The van der Waals surface area contributed by atoms with Crippen molar-refractivity contribution >= 4 is 17.5 Å². The van der Waals surface area contributed by atoms with Crippen LogP contribution in [0.3, 0.4) is 0 Å². The van der Waals surface area contributed by atoms with Crippen LogP contribution in [0.2, 0.25) is 0 Å². The molecule has 1 aliphatic rings. The minimum Gasteiger partial charge on any atom is -0.486 e. The Morgan fingerprint density at radius 2 is 1.94 bits per heavy atom. The van der Waals surface area contributed by atoms with Gasteiger partial charge in [0.05, 0.1) is 24.8 Å². The zero-order valence-corrected chi connectivity index (χ0v) is 17.5. The van der Waals surface area contributed by atoms with Crippen LogP contribution in [0.5, 0.6) is 11.5 Å². The largest absolute Gasteiger partial charge is 0.486 e. The van der Waals surface area contributed by atoms with E-state index in [1.54, 1.807) is 36.3 Å².